The quantitative estimate of drug-likeness (QED) is 0.793. The number of thiazole rings is 1. The normalized spacial score (nSPS) is 12.3. The first-order valence-electron chi connectivity index (χ1n) is 5.23. The van der Waals surface area contributed by atoms with Crippen LogP contribution < -0.4 is 0 Å². The summed E-state index contributed by atoms with van der Waals surface area (Å²) in [6.07, 6.45) is -1.88. The van der Waals surface area contributed by atoms with Crippen LogP contribution in [0.15, 0.2) is 17.0 Å². The van der Waals surface area contributed by atoms with E-state index in [1.807, 2.05) is 0 Å². The van der Waals surface area contributed by atoms with Crippen molar-refractivity contribution in [2.75, 3.05) is 6.54 Å². The van der Waals surface area contributed by atoms with Crippen molar-refractivity contribution in [2.45, 2.75) is 26.1 Å². The highest BCUT2D eigenvalue weighted by atomic mass is 32.1. The highest BCUT2D eigenvalue weighted by molar-refractivity contribution is 7.07. The van der Waals surface area contributed by atoms with E-state index < -0.39 is 24.7 Å². The predicted molar refractivity (Wildman–Crippen MR) is 64.1 cm³/mol. The van der Waals surface area contributed by atoms with Crippen LogP contribution in [0, 0.1) is 0 Å². The lowest BCUT2D eigenvalue weighted by molar-refractivity contribution is -0.161. The van der Waals surface area contributed by atoms with E-state index in [-0.39, 0.29) is 0 Å². The van der Waals surface area contributed by atoms with E-state index in [1.54, 1.807) is 24.7 Å². The van der Waals surface area contributed by atoms with E-state index in [2.05, 4.69) is 4.98 Å². The van der Waals surface area contributed by atoms with Crippen molar-refractivity contribution in [2.24, 2.45) is 0 Å². The molecule has 100 valence electrons. The van der Waals surface area contributed by atoms with Gasteiger partial charge >= 0.3 is 6.18 Å². The number of halogens is 3. The summed E-state index contributed by atoms with van der Waals surface area (Å²) in [5.74, 6) is -0.671. The van der Waals surface area contributed by atoms with Gasteiger partial charge in [-0.15, -0.1) is 11.3 Å². The molecule has 1 aromatic rings. The molecule has 0 spiro atoms. The van der Waals surface area contributed by atoms with Gasteiger partial charge in [0.1, 0.15) is 6.54 Å². The molecule has 0 aliphatic rings. The van der Waals surface area contributed by atoms with Crippen molar-refractivity contribution in [1.29, 1.82) is 0 Å². The van der Waals surface area contributed by atoms with Crippen LogP contribution in [0.5, 0.6) is 0 Å². The van der Waals surface area contributed by atoms with Gasteiger partial charge < -0.3 is 4.90 Å². The van der Waals surface area contributed by atoms with Gasteiger partial charge in [-0.2, -0.15) is 13.2 Å². The molecule has 1 amide bonds. The molecular formula is C11H13F3N2OS. The fraction of sp³-hybridized carbons (Fsp3) is 0.455. The third-order valence-electron chi connectivity index (χ3n) is 2.10. The summed E-state index contributed by atoms with van der Waals surface area (Å²) in [4.78, 5) is 16.3. The Balaban J connectivity index is 2.71. The fourth-order valence-electron chi connectivity index (χ4n) is 1.26. The molecule has 1 rings (SSSR count). The van der Waals surface area contributed by atoms with Crippen molar-refractivity contribution in [1.82, 2.24) is 9.88 Å². The smallest absolute Gasteiger partial charge is 0.328 e. The molecule has 0 N–H and O–H groups in total. The molecule has 0 saturated carbocycles. The molecule has 0 saturated heterocycles. The van der Waals surface area contributed by atoms with E-state index in [0.717, 1.165) is 11.0 Å². The molecule has 0 radical (unpaired) electrons. The highest BCUT2D eigenvalue weighted by Crippen LogP contribution is 2.18. The first kappa shape index (κ1) is 14.7. The summed E-state index contributed by atoms with van der Waals surface area (Å²) in [7, 11) is 0. The van der Waals surface area contributed by atoms with Crippen LogP contribution >= 0.6 is 11.3 Å². The molecule has 0 fully saturated rings. The van der Waals surface area contributed by atoms with Crippen molar-refractivity contribution in [3.8, 4) is 0 Å². The van der Waals surface area contributed by atoms with Crippen molar-refractivity contribution < 1.29 is 18.0 Å². The molecule has 3 nitrogen and oxygen atoms in total. The van der Waals surface area contributed by atoms with Gasteiger partial charge in [-0.25, -0.2) is 4.98 Å². The second-order valence-electron chi connectivity index (χ2n) is 3.92. The van der Waals surface area contributed by atoms with Gasteiger partial charge in [0, 0.05) is 17.5 Å². The van der Waals surface area contributed by atoms with E-state index in [4.69, 9.17) is 0 Å². The number of carbonyl (C=O) groups excluding carboxylic acids is 1. The summed E-state index contributed by atoms with van der Waals surface area (Å²) in [6, 6.07) is -0.515. The Hall–Kier alpha value is -1.37. The molecule has 0 atom stereocenters. The maximum atomic E-state index is 12.3. The predicted octanol–water partition coefficient (Wildman–Crippen LogP) is 2.96. The van der Waals surface area contributed by atoms with Crippen LogP contribution in [0.2, 0.25) is 0 Å². The number of carbonyl (C=O) groups is 1. The number of aromatic nitrogens is 1. The third-order valence-corrected chi connectivity index (χ3v) is 2.71. The summed E-state index contributed by atoms with van der Waals surface area (Å²) >= 11 is 1.35. The van der Waals surface area contributed by atoms with Gasteiger partial charge in [-0.1, -0.05) is 0 Å². The van der Waals surface area contributed by atoms with Crippen LogP contribution in [0.3, 0.4) is 0 Å². The molecule has 0 aliphatic heterocycles. The Labute approximate surface area is 107 Å². The lowest BCUT2D eigenvalue weighted by Gasteiger charge is -2.26. The van der Waals surface area contributed by atoms with E-state index >= 15 is 0 Å². The molecular weight excluding hydrogens is 265 g/mol. The molecule has 0 unspecified atom stereocenters. The maximum Gasteiger partial charge on any atom is 0.406 e. The molecule has 0 aromatic carbocycles. The van der Waals surface area contributed by atoms with Crippen molar-refractivity contribution >= 4 is 23.3 Å². The average molecular weight is 278 g/mol. The SMILES string of the molecule is CC(C)N(CC(F)(F)F)C(=O)/C=C/c1cscn1. The van der Waals surface area contributed by atoms with E-state index in [9.17, 15) is 18.0 Å². The second-order valence-corrected chi connectivity index (χ2v) is 4.64. The van der Waals surface area contributed by atoms with Gasteiger partial charge in [0.05, 0.1) is 11.2 Å². The van der Waals surface area contributed by atoms with E-state index in [0.29, 0.717) is 5.69 Å². The molecule has 0 aliphatic carbocycles. The van der Waals surface area contributed by atoms with Gasteiger partial charge in [0.15, 0.2) is 0 Å². The summed E-state index contributed by atoms with van der Waals surface area (Å²) < 4.78 is 36.9. The molecule has 1 aromatic heterocycles. The topological polar surface area (TPSA) is 33.2 Å². The van der Waals surface area contributed by atoms with Crippen LogP contribution in [0.4, 0.5) is 13.2 Å². The van der Waals surface area contributed by atoms with Crippen LogP contribution in [0.25, 0.3) is 6.08 Å². The Morgan fingerprint density at radius 2 is 2.22 bits per heavy atom. The summed E-state index contributed by atoms with van der Waals surface area (Å²) in [5.41, 5.74) is 2.14. The number of rotatable bonds is 4. The largest absolute Gasteiger partial charge is 0.406 e. The lowest BCUT2D eigenvalue weighted by atomic mass is 10.3. The number of hydrogen-bond donors (Lipinski definition) is 0. The number of alkyl halides is 3. The number of amides is 1. The van der Waals surface area contributed by atoms with Crippen LogP contribution in [0.1, 0.15) is 19.5 Å². The zero-order chi connectivity index (χ0) is 13.8. The third kappa shape index (κ3) is 4.87. The standard InChI is InChI=1S/C11H13F3N2OS/c1-8(2)16(6-11(12,13)14)10(17)4-3-9-5-18-7-15-9/h3-5,7-8H,6H2,1-2H3/b4-3+. The Morgan fingerprint density at radius 1 is 1.56 bits per heavy atom. The van der Waals surface area contributed by atoms with Gasteiger partial charge in [0.25, 0.3) is 0 Å². The average Bonchev–Trinajstić information content (AvgIpc) is 2.73. The molecule has 7 heteroatoms. The number of hydrogen-bond acceptors (Lipinski definition) is 3. The zero-order valence-electron chi connectivity index (χ0n) is 9.94. The van der Waals surface area contributed by atoms with Gasteiger partial charge in [0.2, 0.25) is 5.91 Å². The Kier molecular flexibility index (Phi) is 4.89. The summed E-state index contributed by atoms with van der Waals surface area (Å²) in [5, 5.41) is 1.70. The first-order valence-corrected chi connectivity index (χ1v) is 6.17. The number of nitrogens with zero attached hydrogens (tertiary/aromatic N) is 2. The Bertz CT molecular complexity index is 412. The monoisotopic (exact) mass is 278 g/mol. The maximum absolute atomic E-state index is 12.3. The van der Waals surface area contributed by atoms with Crippen LogP contribution in [-0.4, -0.2) is 34.6 Å². The lowest BCUT2D eigenvalue weighted by Crippen LogP contribution is -2.42. The minimum atomic E-state index is -4.39. The Morgan fingerprint density at radius 3 is 2.67 bits per heavy atom. The fourth-order valence-corrected chi connectivity index (χ4v) is 1.79. The van der Waals surface area contributed by atoms with Crippen molar-refractivity contribution in [3.63, 3.8) is 0 Å². The van der Waals surface area contributed by atoms with Crippen molar-refractivity contribution in [3.05, 3.63) is 22.7 Å². The van der Waals surface area contributed by atoms with Gasteiger partial charge in [-0.3, -0.25) is 4.79 Å². The zero-order valence-corrected chi connectivity index (χ0v) is 10.8. The minimum Gasteiger partial charge on any atom is -0.328 e. The molecule has 18 heavy (non-hydrogen) atoms. The first-order chi connectivity index (χ1) is 8.29. The minimum absolute atomic E-state index is 0.515. The molecule has 1 heterocycles. The van der Waals surface area contributed by atoms with Gasteiger partial charge in [-0.05, 0) is 19.9 Å². The van der Waals surface area contributed by atoms with Crippen LogP contribution in [-0.2, 0) is 4.79 Å². The molecule has 0 bridgehead atoms. The highest BCUT2D eigenvalue weighted by Gasteiger charge is 2.33. The summed E-state index contributed by atoms with van der Waals surface area (Å²) in [6.45, 7) is 1.84. The van der Waals surface area contributed by atoms with E-state index in [1.165, 1.54) is 17.4 Å². The second kappa shape index (κ2) is 5.99.